The van der Waals surface area contributed by atoms with E-state index in [2.05, 4.69) is 10.1 Å². The zero-order chi connectivity index (χ0) is 21.2. The van der Waals surface area contributed by atoms with Gasteiger partial charge in [-0.1, -0.05) is 0 Å². The number of phenolic OH excluding ortho intramolecular Hbond substituents is 1. The van der Waals surface area contributed by atoms with Gasteiger partial charge in [0.25, 0.3) is 0 Å². The minimum absolute atomic E-state index is 0.0289. The Morgan fingerprint density at radius 3 is 2.52 bits per heavy atom. The molecule has 6 nitrogen and oxygen atoms in total. The van der Waals surface area contributed by atoms with Gasteiger partial charge in [0.1, 0.15) is 17.1 Å². The number of phenols is 1. The number of carbonyl (C=O) groups is 1. The fraction of sp³-hybridized carbons (Fsp3) is 0.200. The van der Waals surface area contributed by atoms with Crippen LogP contribution >= 0.6 is 0 Å². The van der Waals surface area contributed by atoms with Crippen LogP contribution in [0.25, 0.3) is 11.0 Å². The van der Waals surface area contributed by atoms with Crippen LogP contribution in [0.15, 0.2) is 51.7 Å². The van der Waals surface area contributed by atoms with E-state index in [-0.39, 0.29) is 24.2 Å². The predicted octanol–water partition coefficient (Wildman–Crippen LogP) is 4.28. The highest BCUT2D eigenvalue weighted by Crippen LogP contribution is 2.25. The van der Waals surface area contributed by atoms with E-state index in [0.717, 1.165) is 12.1 Å². The Morgan fingerprint density at radius 2 is 1.86 bits per heavy atom. The zero-order valence-corrected chi connectivity index (χ0v) is 15.2. The molecule has 2 N–H and O–H groups in total. The maximum absolute atomic E-state index is 12.2. The second kappa shape index (κ2) is 7.86. The lowest BCUT2D eigenvalue weighted by Gasteiger charge is -2.10. The van der Waals surface area contributed by atoms with E-state index < -0.39 is 23.6 Å². The number of alkyl halides is 3. The molecular formula is C20H16F3NO5. The number of benzene rings is 2. The molecule has 0 saturated carbocycles. The second-order valence-electron chi connectivity index (χ2n) is 6.29. The van der Waals surface area contributed by atoms with E-state index in [4.69, 9.17) is 4.42 Å². The molecule has 1 heterocycles. The van der Waals surface area contributed by atoms with Crippen LogP contribution in [0.1, 0.15) is 17.5 Å². The standard InChI is InChI=1S/C20H16F3NO5/c1-11-15-7-4-13(25)10-17(15)28-19(27)16(11)8-9-18(26)24-12-2-5-14(6-3-12)29-20(21,22)23/h2-7,10,25H,8-9H2,1H3,(H,24,26). The van der Waals surface area contributed by atoms with Crippen molar-refractivity contribution in [3.05, 3.63) is 64.0 Å². The van der Waals surface area contributed by atoms with Gasteiger partial charge in [0.15, 0.2) is 0 Å². The maximum Gasteiger partial charge on any atom is 0.573 e. The molecule has 0 bridgehead atoms. The quantitative estimate of drug-likeness (QED) is 0.617. The largest absolute Gasteiger partial charge is 0.573 e. The summed E-state index contributed by atoms with van der Waals surface area (Å²) in [6.07, 6.45) is -4.70. The van der Waals surface area contributed by atoms with Crippen molar-refractivity contribution in [3.63, 3.8) is 0 Å². The molecule has 0 saturated heterocycles. The van der Waals surface area contributed by atoms with Crippen LogP contribution in [0.4, 0.5) is 18.9 Å². The number of rotatable bonds is 5. The molecule has 29 heavy (non-hydrogen) atoms. The number of aryl methyl sites for hydroxylation is 1. The van der Waals surface area contributed by atoms with Gasteiger partial charge in [-0.05, 0) is 55.3 Å². The third kappa shape index (κ3) is 5.07. The second-order valence-corrected chi connectivity index (χ2v) is 6.29. The molecule has 3 rings (SSSR count). The van der Waals surface area contributed by atoms with Crippen molar-refractivity contribution in [1.82, 2.24) is 0 Å². The normalized spacial score (nSPS) is 11.4. The van der Waals surface area contributed by atoms with Gasteiger partial charge >= 0.3 is 12.0 Å². The molecule has 1 amide bonds. The van der Waals surface area contributed by atoms with Crippen LogP contribution in [0.3, 0.4) is 0 Å². The minimum Gasteiger partial charge on any atom is -0.508 e. The van der Waals surface area contributed by atoms with E-state index in [1.165, 1.54) is 24.3 Å². The number of hydrogen-bond acceptors (Lipinski definition) is 5. The number of hydrogen-bond donors (Lipinski definition) is 2. The monoisotopic (exact) mass is 407 g/mol. The van der Waals surface area contributed by atoms with E-state index in [0.29, 0.717) is 22.2 Å². The summed E-state index contributed by atoms with van der Waals surface area (Å²) in [7, 11) is 0. The Labute approximate surface area is 162 Å². The number of halogens is 3. The van der Waals surface area contributed by atoms with Crippen molar-refractivity contribution < 1.29 is 32.2 Å². The Hall–Kier alpha value is -3.49. The number of aromatic hydroxyl groups is 1. The topological polar surface area (TPSA) is 88.8 Å². The third-order valence-corrected chi connectivity index (χ3v) is 4.24. The molecule has 0 fully saturated rings. The molecule has 2 aromatic carbocycles. The highest BCUT2D eigenvalue weighted by atomic mass is 19.4. The molecule has 0 spiro atoms. The van der Waals surface area contributed by atoms with Crippen molar-refractivity contribution in [1.29, 1.82) is 0 Å². The fourth-order valence-corrected chi connectivity index (χ4v) is 2.87. The molecule has 1 aromatic heterocycles. The number of nitrogens with one attached hydrogen (secondary N) is 1. The predicted molar refractivity (Wildman–Crippen MR) is 99.0 cm³/mol. The van der Waals surface area contributed by atoms with Crippen LogP contribution < -0.4 is 15.7 Å². The molecular weight excluding hydrogens is 391 g/mol. The van der Waals surface area contributed by atoms with Gasteiger partial charge in [-0.2, -0.15) is 0 Å². The first-order valence-electron chi connectivity index (χ1n) is 8.53. The average molecular weight is 407 g/mol. The van der Waals surface area contributed by atoms with E-state index in [1.54, 1.807) is 13.0 Å². The minimum atomic E-state index is -4.79. The van der Waals surface area contributed by atoms with Crippen LogP contribution in [-0.4, -0.2) is 17.4 Å². The molecule has 9 heteroatoms. The van der Waals surface area contributed by atoms with E-state index in [1.807, 2.05) is 0 Å². The first-order chi connectivity index (χ1) is 13.6. The summed E-state index contributed by atoms with van der Waals surface area (Å²) in [5.74, 6) is -0.844. The lowest BCUT2D eigenvalue weighted by Crippen LogP contribution is -2.17. The summed E-state index contributed by atoms with van der Waals surface area (Å²) in [5.41, 5.74) is 0.941. The molecule has 152 valence electrons. The van der Waals surface area contributed by atoms with E-state index >= 15 is 0 Å². The van der Waals surface area contributed by atoms with Gasteiger partial charge < -0.3 is 19.6 Å². The molecule has 0 aliphatic carbocycles. The van der Waals surface area contributed by atoms with Crippen LogP contribution in [0.2, 0.25) is 0 Å². The van der Waals surface area contributed by atoms with Gasteiger partial charge in [0.05, 0.1) is 0 Å². The Kier molecular flexibility index (Phi) is 5.49. The van der Waals surface area contributed by atoms with Gasteiger partial charge in [0.2, 0.25) is 5.91 Å². The van der Waals surface area contributed by atoms with Crippen molar-refractivity contribution in [2.24, 2.45) is 0 Å². The highest BCUT2D eigenvalue weighted by Gasteiger charge is 2.30. The number of ether oxygens (including phenoxy) is 1. The van der Waals surface area contributed by atoms with E-state index in [9.17, 15) is 27.9 Å². The Bertz CT molecular complexity index is 1100. The van der Waals surface area contributed by atoms with Crippen molar-refractivity contribution >= 4 is 22.6 Å². The number of fused-ring (bicyclic) bond motifs is 1. The van der Waals surface area contributed by atoms with Gasteiger partial charge in [0, 0.05) is 29.1 Å². The summed E-state index contributed by atoms with van der Waals surface area (Å²) in [5, 5.41) is 12.7. The molecule has 0 aliphatic rings. The molecule has 3 aromatic rings. The lowest BCUT2D eigenvalue weighted by atomic mass is 10.0. The Balaban J connectivity index is 1.66. The SMILES string of the molecule is Cc1c(CCC(=O)Nc2ccc(OC(F)(F)F)cc2)c(=O)oc2cc(O)ccc12. The van der Waals surface area contributed by atoms with Gasteiger partial charge in [-0.25, -0.2) is 4.79 Å². The summed E-state index contributed by atoms with van der Waals surface area (Å²) < 4.78 is 45.4. The number of anilines is 1. The molecule has 0 atom stereocenters. The van der Waals surface area contributed by atoms with Crippen LogP contribution in [0, 0.1) is 6.92 Å². The summed E-state index contributed by atoms with van der Waals surface area (Å²) in [6, 6.07) is 9.16. The zero-order valence-electron chi connectivity index (χ0n) is 15.2. The van der Waals surface area contributed by atoms with Crippen molar-refractivity contribution in [2.45, 2.75) is 26.1 Å². The first-order valence-corrected chi connectivity index (χ1v) is 8.53. The summed E-state index contributed by atoms with van der Waals surface area (Å²) in [4.78, 5) is 24.3. The molecule has 0 unspecified atom stereocenters. The number of carbonyl (C=O) groups excluding carboxylic acids is 1. The van der Waals surface area contributed by atoms with Crippen LogP contribution in [0.5, 0.6) is 11.5 Å². The van der Waals surface area contributed by atoms with Crippen LogP contribution in [-0.2, 0) is 11.2 Å². The molecule has 0 radical (unpaired) electrons. The van der Waals surface area contributed by atoms with Crippen molar-refractivity contribution in [2.75, 3.05) is 5.32 Å². The third-order valence-electron chi connectivity index (χ3n) is 4.24. The smallest absolute Gasteiger partial charge is 0.508 e. The van der Waals surface area contributed by atoms with Crippen molar-refractivity contribution in [3.8, 4) is 11.5 Å². The first kappa shape index (κ1) is 20.2. The summed E-state index contributed by atoms with van der Waals surface area (Å²) >= 11 is 0. The lowest BCUT2D eigenvalue weighted by molar-refractivity contribution is -0.274. The average Bonchev–Trinajstić information content (AvgIpc) is 2.61. The van der Waals surface area contributed by atoms with Gasteiger partial charge in [-0.3, -0.25) is 4.79 Å². The van der Waals surface area contributed by atoms with Gasteiger partial charge in [-0.15, -0.1) is 13.2 Å². The summed E-state index contributed by atoms with van der Waals surface area (Å²) in [6.45, 7) is 1.73. The number of amides is 1. The maximum atomic E-state index is 12.2. The Morgan fingerprint density at radius 1 is 1.17 bits per heavy atom. The molecule has 0 aliphatic heterocycles. The highest BCUT2D eigenvalue weighted by molar-refractivity contribution is 5.91. The fourth-order valence-electron chi connectivity index (χ4n) is 2.87.